The van der Waals surface area contributed by atoms with Crippen LogP contribution in [-0.2, 0) is 20.7 Å². The van der Waals surface area contributed by atoms with E-state index >= 15 is 0 Å². The van der Waals surface area contributed by atoms with Crippen LogP contribution in [0.25, 0.3) is 10.8 Å². The number of benzene rings is 4. The van der Waals surface area contributed by atoms with Gasteiger partial charge in [-0.3, -0.25) is 0 Å². The zero-order chi connectivity index (χ0) is 34.3. The van der Waals surface area contributed by atoms with Crippen LogP contribution in [0.15, 0.2) is 104 Å². The Morgan fingerprint density at radius 3 is 1.96 bits per heavy atom. The second-order valence-electron chi connectivity index (χ2n) is 10.8. The van der Waals surface area contributed by atoms with E-state index in [9.17, 15) is 19.2 Å². The number of unbranched alkanes of at least 4 members (excludes halogenated alkanes) is 3. The van der Waals surface area contributed by atoms with E-state index in [1.165, 1.54) is 24.3 Å². The van der Waals surface area contributed by atoms with E-state index in [0.29, 0.717) is 42.3 Å². The highest BCUT2D eigenvalue weighted by Crippen LogP contribution is 2.28. The predicted molar refractivity (Wildman–Crippen MR) is 182 cm³/mol. The van der Waals surface area contributed by atoms with E-state index in [0.717, 1.165) is 60.8 Å². The number of aryl methyl sites for hydroxylation is 1. The number of ether oxygens (including phenoxy) is 5. The highest BCUT2D eigenvalue weighted by molar-refractivity contribution is 5.97. The molecule has 0 bridgehead atoms. The molecule has 0 fully saturated rings. The summed E-state index contributed by atoms with van der Waals surface area (Å²) in [5, 5.41) is 1.80. The lowest BCUT2D eigenvalue weighted by Gasteiger charge is -2.12. The Morgan fingerprint density at radius 2 is 1.23 bits per heavy atom. The van der Waals surface area contributed by atoms with E-state index in [4.69, 9.17) is 23.7 Å². The molecule has 48 heavy (non-hydrogen) atoms. The van der Waals surface area contributed by atoms with Gasteiger partial charge < -0.3 is 23.7 Å². The van der Waals surface area contributed by atoms with E-state index in [-0.39, 0.29) is 11.3 Å². The fraction of sp³-hybridized carbons (Fsp3) is 0.231. The molecule has 0 N–H and O–H groups in total. The number of carbonyl (C=O) groups is 4. The van der Waals surface area contributed by atoms with Crippen molar-refractivity contribution < 1.29 is 42.9 Å². The molecule has 4 aromatic rings. The Bertz CT molecular complexity index is 1770. The van der Waals surface area contributed by atoms with Gasteiger partial charge in [0.25, 0.3) is 0 Å². The second kappa shape index (κ2) is 17.9. The lowest BCUT2D eigenvalue weighted by molar-refractivity contribution is -0.137. The fourth-order valence-corrected chi connectivity index (χ4v) is 4.75. The maximum absolute atomic E-state index is 13.1. The molecule has 0 aromatic heterocycles. The van der Waals surface area contributed by atoms with Gasteiger partial charge in [-0.25, -0.2) is 19.2 Å². The van der Waals surface area contributed by atoms with Crippen molar-refractivity contribution in [2.24, 2.45) is 0 Å². The largest absolute Gasteiger partial charge is 0.494 e. The van der Waals surface area contributed by atoms with Crippen LogP contribution in [0, 0.1) is 0 Å². The molecule has 0 amide bonds. The van der Waals surface area contributed by atoms with Gasteiger partial charge in [-0.2, -0.15) is 0 Å². The first-order valence-corrected chi connectivity index (χ1v) is 15.8. The smallest absolute Gasteiger partial charge is 0.343 e. The van der Waals surface area contributed by atoms with E-state index in [1.807, 2.05) is 31.2 Å². The summed E-state index contributed by atoms with van der Waals surface area (Å²) in [6.45, 7) is 9.69. The van der Waals surface area contributed by atoms with E-state index in [2.05, 4.69) is 13.2 Å². The summed E-state index contributed by atoms with van der Waals surface area (Å²) < 4.78 is 27.3. The second-order valence-corrected chi connectivity index (χ2v) is 10.8. The topological polar surface area (TPSA) is 114 Å². The molecule has 0 aliphatic carbocycles. The molecule has 0 heterocycles. The van der Waals surface area contributed by atoms with Crippen molar-refractivity contribution in [1.82, 2.24) is 0 Å². The molecule has 0 saturated carbocycles. The third-order valence-corrected chi connectivity index (χ3v) is 7.21. The van der Waals surface area contributed by atoms with Gasteiger partial charge in [-0.15, -0.1) is 0 Å². The maximum Gasteiger partial charge on any atom is 0.343 e. The minimum absolute atomic E-state index is 0.277. The van der Waals surface area contributed by atoms with Gasteiger partial charge in [0.2, 0.25) is 0 Å². The standard InChI is InChI=1S/C39H38O9/c1-4-11-30-26-34(20-21-35(30)48-38(42)27-14-17-32(18-15-27)46-37(41)6-3)47-39(43)31-13-12-29-25-33(19-16-28(29)24-31)44-22-9-7-8-10-23-45-36(40)5-2/h5-6,12-21,24-26H,2-4,7-11,22-23H2,1H3. The third kappa shape index (κ3) is 10.4. The Hall–Kier alpha value is -5.70. The molecular formula is C39H38O9. The quantitative estimate of drug-likeness (QED) is 0.0485. The molecular weight excluding hydrogens is 612 g/mol. The molecule has 0 aliphatic heterocycles. The van der Waals surface area contributed by atoms with Gasteiger partial charge in [0.1, 0.15) is 23.0 Å². The monoisotopic (exact) mass is 650 g/mol. The molecule has 0 atom stereocenters. The molecule has 248 valence electrons. The number of rotatable bonds is 17. The van der Waals surface area contributed by atoms with Gasteiger partial charge in [0, 0.05) is 12.2 Å². The van der Waals surface area contributed by atoms with Crippen molar-refractivity contribution in [1.29, 1.82) is 0 Å². The Labute approximate surface area is 279 Å². The van der Waals surface area contributed by atoms with Gasteiger partial charge in [0.05, 0.1) is 24.3 Å². The van der Waals surface area contributed by atoms with Gasteiger partial charge in [0.15, 0.2) is 0 Å². The van der Waals surface area contributed by atoms with Gasteiger partial charge in [-0.1, -0.05) is 38.6 Å². The molecule has 9 nitrogen and oxygen atoms in total. The molecule has 4 aromatic carbocycles. The van der Waals surface area contributed by atoms with Crippen molar-refractivity contribution in [2.45, 2.75) is 45.4 Å². The van der Waals surface area contributed by atoms with Crippen molar-refractivity contribution in [3.05, 3.63) is 121 Å². The number of fused-ring (bicyclic) bond motifs is 1. The van der Waals surface area contributed by atoms with E-state index < -0.39 is 23.9 Å². The molecule has 0 saturated heterocycles. The van der Waals surface area contributed by atoms with E-state index in [1.54, 1.807) is 30.3 Å². The number of hydrogen-bond donors (Lipinski definition) is 0. The van der Waals surface area contributed by atoms with Crippen LogP contribution in [0.1, 0.15) is 65.3 Å². The molecule has 0 radical (unpaired) electrons. The maximum atomic E-state index is 13.1. The lowest BCUT2D eigenvalue weighted by atomic mass is 10.1. The highest BCUT2D eigenvalue weighted by Gasteiger charge is 2.16. The van der Waals surface area contributed by atoms with Crippen LogP contribution in [0.2, 0.25) is 0 Å². The zero-order valence-electron chi connectivity index (χ0n) is 26.9. The van der Waals surface area contributed by atoms with Crippen molar-refractivity contribution in [2.75, 3.05) is 13.2 Å². The van der Waals surface area contributed by atoms with Crippen molar-refractivity contribution in [3.63, 3.8) is 0 Å². The minimum Gasteiger partial charge on any atom is -0.494 e. The molecule has 0 unspecified atom stereocenters. The average molecular weight is 651 g/mol. The molecule has 4 rings (SSSR count). The summed E-state index contributed by atoms with van der Waals surface area (Å²) in [5.41, 5.74) is 1.39. The van der Waals surface area contributed by atoms with Gasteiger partial charge >= 0.3 is 23.9 Å². The first-order valence-electron chi connectivity index (χ1n) is 15.8. The third-order valence-electron chi connectivity index (χ3n) is 7.21. The Morgan fingerprint density at radius 1 is 0.604 bits per heavy atom. The van der Waals surface area contributed by atoms with Gasteiger partial charge in [-0.05, 0) is 115 Å². The number of esters is 4. The van der Waals surface area contributed by atoms with Crippen molar-refractivity contribution in [3.8, 4) is 23.0 Å². The first-order chi connectivity index (χ1) is 23.3. The predicted octanol–water partition coefficient (Wildman–Crippen LogP) is 7.99. The average Bonchev–Trinajstić information content (AvgIpc) is 3.10. The summed E-state index contributed by atoms with van der Waals surface area (Å²) in [6.07, 6.45) is 7.17. The van der Waals surface area contributed by atoms with Crippen LogP contribution in [-0.4, -0.2) is 37.1 Å². The summed E-state index contributed by atoms with van der Waals surface area (Å²) in [4.78, 5) is 48.3. The Balaban J connectivity index is 1.31. The number of carbonyl (C=O) groups excluding carboxylic acids is 4. The summed E-state index contributed by atoms with van der Waals surface area (Å²) >= 11 is 0. The zero-order valence-corrected chi connectivity index (χ0v) is 26.9. The summed E-state index contributed by atoms with van der Waals surface area (Å²) in [6, 6.07) is 21.9. The fourth-order valence-electron chi connectivity index (χ4n) is 4.75. The van der Waals surface area contributed by atoms with Crippen LogP contribution in [0.4, 0.5) is 0 Å². The summed E-state index contributed by atoms with van der Waals surface area (Å²) in [5.74, 6) is -0.376. The normalized spacial score (nSPS) is 10.5. The Kier molecular flexibility index (Phi) is 13.1. The SMILES string of the molecule is C=CC(=O)OCCCCCCOc1ccc2cc(C(=O)Oc3ccc(OC(=O)c4ccc(OC(=O)C=C)cc4)c(CCC)c3)ccc2c1. The number of hydrogen-bond acceptors (Lipinski definition) is 9. The minimum atomic E-state index is -0.599. The van der Waals surface area contributed by atoms with Crippen LogP contribution in [0.5, 0.6) is 23.0 Å². The molecule has 0 aliphatic rings. The first kappa shape index (κ1) is 35.2. The highest BCUT2D eigenvalue weighted by atomic mass is 16.5. The lowest BCUT2D eigenvalue weighted by Crippen LogP contribution is -2.11. The summed E-state index contributed by atoms with van der Waals surface area (Å²) in [7, 11) is 0. The van der Waals surface area contributed by atoms with Crippen molar-refractivity contribution >= 4 is 34.6 Å². The molecule has 0 spiro atoms. The van der Waals surface area contributed by atoms with Crippen LogP contribution in [0.3, 0.4) is 0 Å². The molecule has 9 heteroatoms. The van der Waals surface area contributed by atoms with Crippen LogP contribution >= 0.6 is 0 Å². The van der Waals surface area contributed by atoms with Crippen LogP contribution < -0.4 is 18.9 Å².